The predicted octanol–water partition coefficient (Wildman–Crippen LogP) is 3.97. The summed E-state index contributed by atoms with van der Waals surface area (Å²) in [7, 11) is -0.602. The number of benzene rings is 2. The Morgan fingerprint density at radius 3 is 2.42 bits per heavy atom. The lowest BCUT2D eigenvalue weighted by Gasteiger charge is -2.11. The largest absolute Gasteiger partial charge is 0.343 e. The van der Waals surface area contributed by atoms with E-state index in [4.69, 9.17) is 0 Å². The van der Waals surface area contributed by atoms with Crippen LogP contribution < -0.4 is 4.72 Å². The van der Waals surface area contributed by atoms with Crippen molar-refractivity contribution in [2.45, 2.75) is 13.0 Å². The highest BCUT2D eigenvalue weighted by atomic mass is 32.2. The van der Waals surface area contributed by atoms with E-state index in [9.17, 15) is 17.2 Å². The van der Waals surface area contributed by atoms with Crippen molar-refractivity contribution in [3.8, 4) is 11.1 Å². The van der Waals surface area contributed by atoms with E-state index in [1.165, 1.54) is 26.2 Å². The van der Waals surface area contributed by atoms with E-state index in [-0.39, 0.29) is 13.1 Å². The molecule has 0 fully saturated rings. The van der Waals surface area contributed by atoms with Crippen molar-refractivity contribution < 1.29 is 17.2 Å². The average molecular weight is 471 g/mol. The van der Waals surface area contributed by atoms with Gasteiger partial charge in [0.1, 0.15) is 11.6 Å². The van der Waals surface area contributed by atoms with Crippen molar-refractivity contribution in [1.29, 1.82) is 0 Å². The summed E-state index contributed by atoms with van der Waals surface area (Å²) < 4.78 is 57.4. The number of pyridine rings is 1. The topological polar surface area (TPSA) is 67.2 Å². The van der Waals surface area contributed by atoms with Crippen LogP contribution in [0.4, 0.5) is 8.78 Å². The van der Waals surface area contributed by atoms with E-state index in [1.807, 2.05) is 41.1 Å². The highest BCUT2D eigenvalue weighted by molar-refractivity contribution is 7.87. The molecule has 6 nitrogen and oxygen atoms in total. The summed E-state index contributed by atoms with van der Waals surface area (Å²) in [5.74, 6) is -1.23. The Kier molecular flexibility index (Phi) is 6.55. The van der Waals surface area contributed by atoms with Gasteiger partial charge >= 0.3 is 0 Å². The zero-order chi connectivity index (χ0) is 23.6. The van der Waals surface area contributed by atoms with E-state index in [0.717, 1.165) is 38.0 Å². The second-order valence-corrected chi connectivity index (χ2v) is 9.89. The lowest BCUT2D eigenvalue weighted by atomic mass is 10.0. The van der Waals surface area contributed by atoms with Crippen molar-refractivity contribution in [2.24, 2.45) is 0 Å². The molecule has 2 heterocycles. The monoisotopic (exact) mass is 470 g/mol. The van der Waals surface area contributed by atoms with Gasteiger partial charge in [-0.15, -0.1) is 0 Å². The summed E-state index contributed by atoms with van der Waals surface area (Å²) in [4.78, 5) is 4.06. The standard InChI is InChI=1S/C24H24F2N4O2S/c1-29(2)33(31,32)28-12-9-19-15-30(16-20-3-5-21(25)14-23(20)26)24-13-18(4-6-22(19)24)17-7-10-27-11-8-17/h3-8,10-11,13-15,28H,9,12,16H2,1-2H3. The summed E-state index contributed by atoms with van der Waals surface area (Å²) >= 11 is 0. The molecule has 0 aliphatic heterocycles. The normalized spacial score (nSPS) is 12.0. The van der Waals surface area contributed by atoms with Crippen molar-refractivity contribution >= 4 is 21.1 Å². The quantitative estimate of drug-likeness (QED) is 0.424. The number of hydrogen-bond acceptors (Lipinski definition) is 3. The number of nitrogens with zero attached hydrogens (tertiary/aromatic N) is 3. The summed E-state index contributed by atoms with van der Waals surface area (Å²) in [6.45, 7) is 0.433. The Labute approximate surface area is 191 Å². The van der Waals surface area contributed by atoms with E-state index in [0.29, 0.717) is 12.0 Å². The van der Waals surface area contributed by atoms with Crippen molar-refractivity contribution in [3.05, 3.63) is 89.9 Å². The lowest BCUT2D eigenvalue weighted by Crippen LogP contribution is -2.36. The second-order valence-electron chi connectivity index (χ2n) is 7.92. The van der Waals surface area contributed by atoms with Crippen LogP contribution in [0.1, 0.15) is 11.1 Å². The molecule has 4 rings (SSSR count). The third kappa shape index (κ3) is 5.11. The molecule has 0 aliphatic rings. The maximum absolute atomic E-state index is 14.4. The lowest BCUT2D eigenvalue weighted by molar-refractivity contribution is 0.506. The first kappa shape index (κ1) is 23.0. The van der Waals surface area contributed by atoms with Crippen LogP contribution in [0.3, 0.4) is 0 Å². The highest BCUT2D eigenvalue weighted by Crippen LogP contribution is 2.29. The first-order valence-corrected chi connectivity index (χ1v) is 11.8. The number of nitrogens with one attached hydrogen (secondary N) is 1. The van der Waals surface area contributed by atoms with Gasteiger partial charge in [-0.2, -0.15) is 12.7 Å². The Balaban J connectivity index is 1.72. The van der Waals surface area contributed by atoms with Gasteiger partial charge in [0.25, 0.3) is 10.2 Å². The number of fused-ring (bicyclic) bond motifs is 1. The molecular weight excluding hydrogens is 446 g/mol. The molecule has 0 radical (unpaired) electrons. The molecule has 0 saturated carbocycles. The minimum absolute atomic E-state index is 0.214. The summed E-state index contributed by atoms with van der Waals surface area (Å²) in [5.41, 5.74) is 4.13. The second kappa shape index (κ2) is 9.38. The van der Waals surface area contributed by atoms with Crippen molar-refractivity contribution in [1.82, 2.24) is 18.6 Å². The van der Waals surface area contributed by atoms with Crippen LogP contribution in [0.15, 0.2) is 67.1 Å². The van der Waals surface area contributed by atoms with Gasteiger partial charge < -0.3 is 4.57 Å². The van der Waals surface area contributed by atoms with Crippen molar-refractivity contribution in [3.63, 3.8) is 0 Å². The zero-order valence-corrected chi connectivity index (χ0v) is 19.1. The van der Waals surface area contributed by atoms with E-state index in [1.54, 1.807) is 12.4 Å². The Bertz CT molecular complexity index is 1390. The molecule has 2 aromatic carbocycles. The predicted molar refractivity (Wildman–Crippen MR) is 125 cm³/mol. The Morgan fingerprint density at radius 1 is 0.970 bits per heavy atom. The van der Waals surface area contributed by atoms with Gasteiger partial charge in [-0.3, -0.25) is 4.98 Å². The van der Waals surface area contributed by atoms with Gasteiger partial charge in [0.05, 0.1) is 6.54 Å². The molecule has 1 N–H and O–H groups in total. The molecule has 172 valence electrons. The van der Waals surface area contributed by atoms with Gasteiger partial charge in [0, 0.05) is 61.8 Å². The molecule has 0 bridgehead atoms. The van der Waals surface area contributed by atoms with Crippen LogP contribution in [0.5, 0.6) is 0 Å². The smallest absolute Gasteiger partial charge is 0.278 e. The molecular formula is C24H24F2N4O2S. The maximum Gasteiger partial charge on any atom is 0.278 e. The molecule has 0 amide bonds. The Morgan fingerprint density at radius 2 is 1.73 bits per heavy atom. The van der Waals surface area contributed by atoms with E-state index >= 15 is 0 Å². The SMILES string of the molecule is CN(C)S(=O)(=O)NCCc1cn(Cc2ccc(F)cc2F)c2cc(-c3ccncc3)ccc12. The minimum Gasteiger partial charge on any atom is -0.343 e. The average Bonchev–Trinajstić information content (AvgIpc) is 3.13. The van der Waals surface area contributed by atoms with Crippen LogP contribution in [-0.2, 0) is 23.2 Å². The summed E-state index contributed by atoms with van der Waals surface area (Å²) in [6, 6.07) is 13.4. The van der Waals surface area contributed by atoms with Crippen LogP contribution in [0, 0.1) is 11.6 Å². The molecule has 2 aromatic heterocycles. The fourth-order valence-corrected chi connectivity index (χ4v) is 4.32. The van der Waals surface area contributed by atoms with Crippen LogP contribution in [0.2, 0.25) is 0 Å². The molecule has 9 heteroatoms. The van der Waals surface area contributed by atoms with Gasteiger partial charge in [-0.05, 0) is 47.4 Å². The van der Waals surface area contributed by atoms with Crippen LogP contribution in [-0.4, -0.2) is 42.9 Å². The molecule has 0 aliphatic carbocycles. The molecule has 0 saturated heterocycles. The molecule has 0 atom stereocenters. The van der Waals surface area contributed by atoms with Crippen LogP contribution >= 0.6 is 0 Å². The number of rotatable bonds is 8. The molecule has 0 spiro atoms. The zero-order valence-electron chi connectivity index (χ0n) is 18.3. The molecule has 0 unspecified atom stereocenters. The first-order chi connectivity index (χ1) is 15.7. The van der Waals surface area contributed by atoms with Crippen LogP contribution in [0.25, 0.3) is 22.0 Å². The highest BCUT2D eigenvalue weighted by Gasteiger charge is 2.15. The van der Waals surface area contributed by atoms with Gasteiger partial charge in [-0.25, -0.2) is 13.5 Å². The fraction of sp³-hybridized carbons (Fsp3) is 0.208. The van der Waals surface area contributed by atoms with Gasteiger partial charge in [0.15, 0.2) is 0 Å². The fourth-order valence-electron chi connectivity index (χ4n) is 3.70. The third-order valence-corrected chi connectivity index (χ3v) is 7.02. The summed E-state index contributed by atoms with van der Waals surface area (Å²) in [5, 5.41) is 0.944. The number of halogens is 2. The van der Waals surface area contributed by atoms with Gasteiger partial charge in [0.2, 0.25) is 0 Å². The number of hydrogen-bond donors (Lipinski definition) is 1. The van der Waals surface area contributed by atoms with Gasteiger partial charge in [-0.1, -0.05) is 18.2 Å². The van der Waals surface area contributed by atoms with Crippen molar-refractivity contribution in [2.75, 3.05) is 20.6 Å². The van der Waals surface area contributed by atoms with E-state index in [2.05, 4.69) is 9.71 Å². The Hall–Kier alpha value is -3.14. The number of aromatic nitrogens is 2. The minimum atomic E-state index is -3.53. The first-order valence-electron chi connectivity index (χ1n) is 10.4. The molecule has 4 aromatic rings. The van der Waals surface area contributed by atoms with E-state index < -0.39 is 21.8 Å². The summed E-state index contributed by atoms with van der Waals surface area (Å²) in [6.07, 6.45) is 5.79. The maximum atomic E-state index is 14.4. The third-order valence-electron chi connectivity index (χ3n) is 5.49. The molecule has 33 heavy (non-hydrogen) atoms.